The van der Waals surface area contributed by atoms with Gasteiger partial charge in [-0.3, -0.25) is 10.1 Å². The van der Waals surface area contributed by atoms with Crippen LogP contribution in [0.3, 0.4) is 0 Å². The second-order valence-corrected chi connectivity index (χ2v) is 4.59. The van der Waals surface area contributed by atoms with Gasteiger partial charge in [0, 0.05) is 5.69 Å². The summed E-state index contributed by atoms with van der Waals surface area (Å²) in [6.45, 7) is 0. The Kier molecular flexibility index (Phi) is 4.82. The summed E-state index contributed by atoms with van der Waals surface area (Å²) >= 11 is 0. The van der Waals surface area contributed by atoms with Crippen LogP contribution in [0.25, 0.3) is 0 Å². The monoisotopic (exact) mass is 344 g/mol. The summed E-state index contributed by atoms with van der Waals surface area (Å²) in [5, 5.41) is 3.86. The standard InChI is InChI=1S/C15H9F5N2O2/c16-10-6-8(15(18,19)20)7-11(17)12(10)13(23)22-14(24)21-9-4-2-1-3-5-9/h1-7H,(H2,21,22,23,24). The molecule has 2 rings (SSSR count). The molecule has 0 fully saturated rings. The molecule has 0 bridgehead atoms. The smallest absolute Gasteiger partial charge is 0.308 e. The van der Waals surface area contributed by atoms with Crippen LogP contribution in [0.15, 0.2) is 42.5 Å². The molecule has 0 aliphatic rings. The molecule has 0 saturated heterocycles. The molecule has 2 N–H and O–H groups in total. The third-order valence-electron chi connectivity index (χ3n) is 2.86. The second kappa shape index (κ2) is 6.65. The molecule has 24 heavy (non-hydrogen) atoms. The van der Waals surface area contributed by atoms with Crippen molar-refractivity contribution in [1.29, 1.82) is 0 Å². The van der Waals surface area contributed by atoms with Crippen molar-refractivity contribution in [3.05, 3.63) is 65.2 Å². The van der Waals surface area contributed by atoms with E-state index in [-0.39, 0.29) is 12.1 Å². The first kappa shape index (κ1) is 17.4. The summed E-state index contributed by atoms with van der Waals surface area (Å²) in [7, 11) is 0. The average Bonchev–Trinajstić information content (AvgIpc) is 2.46. The maximum atomic E-state index is 13.6. The molecule has 2 aromatic carbocycles. The number of urea groups is 1. The molecule has 0 saturated carbocycles. The Morgan fingerprint density at radius 2 is 1.46 bits per heavy atom. The summed E-state index contributed by atoms with van der Waals surface area (Å²) in [6, 6.07) is 6.69. The van der Waals surface area contributed by atoms with Crippen molar-refractivity contribution >= 4 is 17.6 Å². The van der Waals surface area contributed by atoms with Gasteiger partial charge in [0.05, 0.1) is 5.56 Å². The maximum Gasteiger partial charge on any atom is 0.416 e. The van der Waals surface area contributed by atoms with Crippen LogP contribution in [0, 0.1) is 11.6 Å². The summed E-state index contributed by atoms with van der Waals surface area (Å²) in [6.07, 6.45) is -4.97. The minimum atomic E-state index is -4.97. The van der Waals surface area contributed by atoms with Crippen LogP contribution in [0.5, 0.6) is 0 Å². The Morgan fingerprint density at radius 1 is 0.917 bits per heavy atom. The molecule has 0 spiro atoms. The van der Waals surface area contributed by atoms with Crippen molar-refractivity contribution in [2.24, 2.45) is 0 Å². The molecule has 0 unspecified atom stereocenters. The molecular formula is C15H9F5N2O2. The Hall–Kier alpha value is -2.97. The Balaban J connectivity index is 2.17. The molecular weight excluding hydrogens is 335 g/mol. The van der Waals surface area contributed by atoms with Gasteiger partial charge in [0.1, 0.15) is 17.2 Å². The van der Waals surface area contributed by atoms with E-state index in [1.54, 1.807) is 23.5 Å². The Morgan fingerprint density at radius 3 is 1.96 bits per heavy atom. The summed E-state index contributed by atoms with van der Waals surface area (Å²) < 4.78 is 64.6. The van der Waals surface area contributed by atoms with Crippen LogP contribution < -0.4 is 10.6 Å². The van der Waals surface area contributed by atoms with E-state index >= 15 is 0 Å². The Labute approximate surface area is 132 Å². The van der Waals surface area contributed by atoms with Crippen molar-refractivity contribution in [2.75, 3.05) is 5.32 Å². The quantitative estimate of drug-likeness (QED) is 0.811. The van der Waals surface area contributed by atoms with Gasteiger partial charge in [-0.15, -0.1) is 0 Å². The fourth-order valence-electron chi connectivity index (χ4n) is 1.80. The van der Waals surface area contributed by atoms with E-state index in [0.717, 1.165) is 0 Å². The van der Waals surface area contributed by atoms with Crippen molar-refractivity contribution < 1.29 is 31.5 Å². The second-order valence-electron chi connectivity index (χ2n) is 4.59. The van der Waals surface area contributed by atoms with Gasteiger partial charge in [-0.1, -0.05) is 18.2 Å². The maximum absolute atomic E-state index is 13.6. The van der Waals surface area contributed by atoms with E-state index in [0.29, 0.717) is 5.69 Å². The molecule has 9 heteroatoms. The van der Waals surface area contributed by atoms with Crippen molar-refractivity contribution in [3.63, 3.8) is 0 Å². The molecule has 0 atom stereocenters. The topological polar surface area (TPSA) is 58.2 Å². The lowest BCUT2D eigenvalue weighted by molar-refractivity contribution is -0.138. The van der Waals surface area contributed by atoms with E-state index in [1.165, 1.54) is 12.1 Å². The van der Waals surface area contributed by atoms with Gasteiger partial charge in [0.25, 0.3) is 5.91 Å². The fourth-order valence-corrected chi connectivity index (χ4v) is 1.80. The molecule has 0 heterocycles. The van der Waals surface area contributed by atoms with Crippen molar-refractivity contribution in [3.8, 4) is 0 Å². The third kappa shape index (κ3) is 4.06. The largest absolute Gasteiger partial charge is 0.416 e. The number of hydrogen-bond donors (Lipinski definition) is 2. The first-order valence-electron chi connectivity index (χ1n) is 6.42. The van der Waals surface area contributed by atoms with Gasteiger partial charge >= 0.3 is 12.2 Å². The molecule has 126 valence electrons. The number of carbonyl (C=O) groups is 2. The fraction of sp³-hybridized carbons (Fsp3) is 0.0667. The van der Waals surface area contributed by atoms with Crippen LogP contribution in [0.4, 0.5) is 32.4 Å². The van der Waals surface area contributed by atoms with Crippen molar-refractivity contribution in [1.82, 2.24) is 5.32 Å². The average molecular weight is 344 g/mol. The number of benzene rings is 2. The molecule has 0 radical (unpaired) electrons. The number of anilines is 1. The lowest BCUT2D eigenvalue weighted by Gasteiger charge is -2.11. The normalized spacial score (nSPS) is 11.0. The number of carbonyl (C=O) groups excluding carboxylic acids is 2. The van der Waals surface area contributed by atoms with Crippen LogP contribution in [0.1, 0.15) is 15.9 Å². The highest BCUT2D eigenvalue weighted by atomic mass is 19.4. The van der Waals surface area contributed by atoms with Crippen LogP contribution >= 0.6 is 0 Å². The number of amides is 3. The summed E-state index contributed by atoms with van der Waals surface area (Å²) in [5.74, 6) is -4.97. The predicted octanol–water partition coefficient (Wildman–Crippen LogP) is 3.95. The SMILES string of the molecule is O=C(NC(=O)c1c(F)cc(C(F)(F)F)cc1F)Nc1ccccc1. The summed E-state index contributed by atoms with van der Waals surface area (Å²) in [4.78, 5) is 23.3. The first-order chi connectivity index (χ1) is 11.2. The number of hydrogen-bond acceptors (Lipinski definition) is 2. The molecule has 0 aliphatic heterocycles. The predicted molar refractivity (Wildman–Crippen MR) is 74.3 cm³/mol. The highest BCUT2D eigenvalue weighted by Crippen LogP contribution is 2.31. The minimum absolute atomic E-state index is 0.0207. The number of nitrogens with one attached hydrogen (secondary N) is 2. The van der Waals surface area contributed by atoms with E-state index in [4.69, 9.17) is 0 Å². The number of alkyl halides is 3. The van der Waals surface area contributed by atoms with Crippen LogP contribution in [0.2, 0.25) is 0 Å². The lowest BCUT2D eigenvalue weighted by atomic mass is 10.1. The number of rotatable bonds is 2. The number of halogens is 5. The van der Waals surface area contributed by atoms with E-state index in [2.05, 4.69) is 5.32 Å². The third-order valence-corrected chi connectivity index (χ3v) is 2.86. The van der Waals surface area contributed by atoms with Gasteiger partial charge in [0.2, 0.25) is 0 Å². The molecule has 4 nitrogen and oxygen atoms in total. The zero-order chi connectivity index (χ0) is 17.9. The van der Waals surface area contributed by atoms with Crippen molar-refractivity contribution in [2.45, 2.75) is 6.18 Å². The molecule has 0 aliphatic carbocycles. The van der Waals surface area contributed by atoms with E-state index < -0.39 is 40.9 Å². The van der Waals surface area contributed by atoms with Gasteiger partial charge in [-0.05, 0) is 24.3 Å². The molecule has 3 amide bonds. The highest BCUT2D eigenvalue weighted by Gasteiger charge is 2.33. The first-order valence-corrected chi connectivity index (χ1v) is 6.42. The summed E-state index contributed by atoms with van der Waals surface area (Å²) in [5.41, 5.74) is -2.56. The van der Waals surface area contributed by atoms with Crippen LogP contribution in [-0.2, 0) is 6.18 Å². The highest BCUT2D eigenvalue weighted by molar-refractivity contribution is 6.08. The number of para-hydroxylation sites is 1. The molecule has 2 aromatic rings. The zero-order valence-corrected chi connectivity index (χ0v) is 11.7. The van der Waals surface area contributed by atoms with Crippen LogP contribution in [-0.4, -0.2) is 11.9 Å². The number of imide groups is 1. The Bertz CT molecular complexity index is 752. The molecule has 0 aromatic heterocycles. The van der Waals surface area contributed by atoms with Gasteiger partial charge in [-0.25, -0.2) is 13.6 Å². The zero-order valence-electron chi connectivity index (χ0n) is 11.7. The van der Waals surface area contributed by atoms with E-state index in [9.17, 15) is 31.5 Å². The minimum Gasteiger partial charge on any atom is -0.308 e. The lowest BCUT2D eigenvalue weighted by Crippen LogP contribution is -2.35. The van der Waals surface area contributed by atoms with Gasteiger partial charge in [0.15, 0.2) is 0 Å². The van der Waals surface area contributed by atoms with Gasteiger partial charge in [-0.2, -0.15) is 13.2 Å². The van der Waals surface area contributed by atoms with Gasteiger partial charge < -0.3 is 5.32 Å². The van der Waals surface area contributed by atoms with E-state index in [1.807, 2.05) is 0 Å².